The summed E-state index contributed by atoms with van der Waals surface area (Å²) in [6.45, 7) is 40.5. The van der Waals surface area contributed by atoms with Crippen molar-refractivity contribution in [1.82, 2.24) is 0 Å². The van der Waals surface area contributed by atoms with Crippen LogP contribution in [0.2, 0.25) is 0 Å². The molecule has 0 unspecified atom stereocenters. The van der Waals surface area contributed by atoms with Crippen molar-refractivity contribution in [2.75, 3.05) is 0 Å². The lowest BCUT2D eigenvalue weighted by Gasteiger charge is -2.35. The van der Waals surface area contributed by atoms with Crippen molar-refractivity contribution >= 4 is 32.3 Å². The maximum absolute atomic E-state index is 10.1. The molecule has 0 bridgehead atoms. The first-order valence-electron chi connectivity index (χ1n) is 18.8. The Morgan fingerprint density at radius 1 is 0.349 bits per heavy atom. The highest BCUT2D eigenvalue weighted by Gasteiger charge is 2.33. The molecule has 43 heavy (non-hydrogen) atoms. The Bertz CT molecular complexity index is 1590. The molecule has 0 N–H and O–H groups in total. The molecule has 0 aliphatic rings. The van der Waals surface area contributed by atoms with Crippen molar-refractivity contribution < 1.29 is 6.85 Å². The molecule has 0 radical (unpaired) electrons. The van der Waals surface area contributed by atoms with E-state index in [4.69, 9.17) is 0 Å². The number of fused-ring (bicyclic) bond motifs is 6. The lowest BCUT2D eigenvalue weighted by molar-refractivity contribution is 0.528. The van der Waals surface area contributed by atoms with Gasteiger partial charge < -0.3 is 0 Å². The molecule has 4 aromatic carbocycles. The quantitative estimate of drug-likeness (QED) is 0.181. The minimum absolute atomic E-state index is 0.306. The first kappa shape index (κ1) is 27.0. The van der Waals surface area contributed by atoms with E-state index in [1.807, 2.05) is 0 Å². The van der Waals surface area contributed by atoms with Crippen molar-refractivity contribution in [3.63, 3.8) is 0 Å². The van der Waals surface area contributed by atoms with Crippen LogP contribution in [-0.2, 0) is 32.5 Å². The Morgan fingerprint density at radius 3 is 0.837 bits per heavy atom. The summed E-state index contributed by atoms with van der Waals surface area (Å²) in [5, 5.41) is 3.79. The zero-order valence-corrected chi connectivity index (χ0v) is 31.0. The molecular weight excluding hydrogens is 516 g/mol. The summed E-state index contributed by atoms with van der Waals surface area (Å²) in [7, 11) is 0. The van der Waals surface area contributed by atoms with Gasteiger partial charge in [0.05, 0.1) is 6.85 Å². The molecule has 0 spiro atoms. The summed E-state index contributed by atoms with van der Waals surface area (Å²) in [6, 6.07) is 1.74. The summed E-state index contributed by atoms with van der Waals surface area (Å²) < 4.78 is 50.6. The van der Waals surface area contributed by atoms with Crippen molar-refractivity contribution in [2.45, 2.75) is 164 Å². The van der Waals surface area contributed by atoms with E-state index >= 15 is 0 Å². The fourth-order valence-corrected chi connectivity index (χ4v) is 6.75. The van der Waals surface area contributed by atoms with E-state index in [1.165, 1.54) is 0 Å². The van der Waals surface area contributed by atoms with Gasteiger partial charge in [0, 0.05) is 0 Å². The molecule has 0 heterocycles. The van der Waals surface area contributed by atoms with Gasteiger partial charge in [0.25, 0.3) is 0 Å². The summed E-state index contributed by atoms with van der Waals surface area (Å²) >= 11 is 0. The first-order valence-corrected chi connectivity index (χ1v) is 16.2. The smallest absolute Gasteiger partial charge is 0.0561 e. The molecule has 0 atom stereocenters. The zero-order chi connectivity index (χ0) is 37.4. The maximum atomic E-state index is 10.1. The Balaban J connectivity index is 2.79. The predicted molar refractivity (Wildman–Crippen MR) is 196 cm³/mol. The van der Waals surface area contributed by atoms with Crippen LogP contribution in [0.5, 0.6) is 0 Å². The van der Waals surface area contributed by atoms with Crippen LogP contribution in [0.25, 0.3) is 32.3 Å². The minimum Gasteiger partial charge on any atom is -0.0561 e. The van der Waals surface area contributed by atoms with Gasteiger partial charge >= 0.3 is 0 Å². The van der Waals surface area contributed by atoms with Crippen LogP contribution in [0.3, 0.4) is 0 Å². The SMILES string of the molecule is [2H]c1c(C(C)(C)C)c(C(C)(C)C)c([2H])c2c1c1c([2H])c(C(C)(C)C)c(C(C)(C)C)c([2H])c1c1c(C)c(C(C)(C)C)c(C(C)(C)C)c([2H])c21. The summed E-state index contributed by atoms with van der Waals surface area (Å²) in [6.07, 6.45) is 0. The third-order valence-electron chi connectivity index (χ3n) is 8.75. The lowest BCUT2D eigenvalue weighted by atomic mass is 9.69. The largest absolute Gasteiger partial charge is 0.0633 e. The number of hydrogen-bond donors (Lipinski definition) is 0. The van der Waals surface area contributed by atoms with Gasteiger partial charge in [0.15, 0.2) is 0 Å². The van der Waals surface area contributed by atoms with E-state index in [0.717, 1.165) is 44.3 Å². The van der Waals surface area contributed by atoms with Crippen LogP contribution in [0.15, 0.2) is 30.2 Å². The number of aryl methyl sites for hydroxylation is 1. The number of benzene rings is 4. The maximum Gasteiger partial charge on any atom is 0.0633 e. The molecule has 0 saturated heterocycles. The molecule has 4 aromatic rings. The van der Waals surface area contributed by atoms with Crippen molar-refractivity contribution in [3.05, 3.63) is 69.2 Å². The first-order chi connectivity index (χ1) is 21.2. The highest BCUT2D eigenvalue weighted by Crippen LogP contribution is 2.49. The van der Waals surface area contributed by atoms with Crippen molar-refractivity contribution in [1.29, 1.82) is 0 Å². The third-order valence-corrected chi connectivity index (χ3v) is 8.75. The van der Waals surface area contributed by atoms with Crippen LogP contribution in [0, 0.1) is 6.92 Å². The van der Waals surface area contributed by atoms with Crippen LogP contribution < -0.4 is 0 Å². The summed E-state index contributed by atoms with van der Waals surface area (Å²) in [5.74, 6) is 0. The predicted octanol–water partition coefficient (Wildman–Crippen LogP) is 13.2. The minimum atomic E-state index is -0.457. The number of hydrogen-bond acceptors (Lipinski definition) is 0. The fourth-order valence-electron chi connectivity index (χ4n) is 6.75. The summed E-state index contributed by atoms with van der Waals surface area (Å²) in [5.41, 5.74) is 3.88. The molecule has 0 saturated carbocycles. The normalized spacial score (nSPS) is 16.0. The molecule has 4 rings (SSSR count). The summed E-state index contributed by atoms with van der Waals surface area (Å²) in [4.78, 5) is 0. The van der Waals surface area contributed by atoms with E-state index in [9.17, 15) is 6.85 Å². The fraction of sp³-hybridized carbons (Fsp3) is 0.581. The highest BCUT2D eigenvalue weighted by atomic mass is 14.4. The van der Waals surface area contributed by atoms with E-state index in [0.29, 0.717) is 57.1 Å². The average molecular weight is 584 g/mol. The Kier molecular flexibility index (Phi) is 6.17. The topological polar surface area (TPSA) is 0 Å². The highest BCUT2D eigenvalue weighted by molar-refractivity contribution is 6.27. The van der Waals surface area contributed by atoms with E-state index < -0.39 is 21.7 Å². The van der Waals surface area contributed by atoms with Crippen molar-refractivity contribution in [2.24, 2.45) is 0 Å². The molecule has 0 heteroatoms. The molecule has 0 nitrogen and oxygen atoms in total. The van der Waals surface area contributed by atoms with E-state index in [2.05, 4.69) is 132 Å². The average Bonchev–Trinajstić information content (AvgIpc) is 2.83. The molecule has 0 aromatic heterocycles. The van der Waals surface area contributed by atoms with Crippen LogP contribution in [0.1, 0.15) is 170 Å². The monoisotopic (exact) mass is 584 g/mol. The second-order valence-electron chi connectivity index (χ2n) is 19.2. The Morgan fingerprint density at radius 2 is 0.581 bits per heavy atom. The van der Waals surface area contributed by atoms with Gasteiger partial charge in [0.1, 0.15) is 0 Å². The van der Waals surface area contributed by atoms with Gasteiger partial charge in [-0.05, 0) is 141 Å². The van der Waals surface area contributed by atoms with Gasteiger partial charge in [0.2, 0.25) is 0 Å². The molecule has 0 aliphatic heterocycles. The van der Waals surface area contributed by atoms with Gasteiger partial charge in [-0.25, -0.2) is 0 Å². The molecule has 0 fully saturated rings. The van der Waals surface area contributed by atoms with Gasteiger partial charge in [-0.2, -0.15) is 0 Å². The number of rotatable bonds is 0. The lowest BCUT2D eigenvalue weighted by Crippen LogP contribution is -2.24. The third kappa shape index (κ3) is 5.90. The zero-order valence-electron chi connectivity index (χ0n) is 36.0. The molecular formula is C43H62. The molecule has 234 valence electrons. The standard InChI is InChI=1S/C43H62/c1-25-36-29-23-34(41(11,12)13)33(40(8,9)10)21-27(29)26-20-31(38(2,3)4)32(39(5,6)7)22-28(26)30(36)24-35(42(14,15)16)37(25)43(17,18)19/h20-24H,1-19H3/i20D,21D,22D,23D,24D. The molecule has 0 aliphatic carbocycles. The second kappa shape index (κ2) is 9.83. The van der Waals surface area contributed by atoms with Crippen LogP contribution in [-0.4, -0.2) is 0 Å². The van der Waals surface area contributed by atoms with Crippen molar-refractivity contribution in [3.8, 4) is 0 Å². The van der Waals surface area contributed by atoms with Crippen LogP contribution >= 0.6 is 0 Å². The van der Waals surface area contributed by atoms with Gasteiger partial charge in [-0.3, -0.25) is 0 Å². The van der Waals surface area contributed by atoms with Crippen LogP contribution in [0.4, 0.5) is 0 Å². The Labute approximate surface area is 272 Å². The Hall–Kier alpha value is -2.34. The van der Waals surface area contributed by atoms with Gasteiger partial charge in [-0.15, -0.1) is 0 Å². The van der Waals surface area contributed by atoms with E-state index in [1.54, 1.807) is 0 Å². The van der Waals surface area contributed by atoms with E-state index in [-0.39, 0.29) is 10.8 Å². The van der Waals surface area contributed by atoms with Gasteiger partial charge in [-0.1, -0.05) is 125 Å². The molecule has 0 amide bonds. The second-order valence-corrected chi connectivity index (χ2v) is 19.2.